The summed E-state index contributed by atoms with van der Waals surface area (Å²) in [6.07, 6.45) is -0.00579. The van der Waals surface area contributed by atoms with Crippen molar-refractivity contribution < 1.29 is 33.3 Å². The molecule has 3 aromatic rings. The van der Waals surface area contributed by atoms with Gasteiger partial charge in [-0.25, -0.2) is 0 Å². The minimum Gasteiger partial charge on any atom is -0.497 e. The molecule has 0 radical (unpaired) electrons. The van der Waals surface area contributed by atoms with Crippen LogP contribution in [0.1, 0.15) is 28.4 Å². The molecular weight excluding hydrogens is 488 g/mol. The Morgan fingerprint density at radius 1 is 0.921 bits per heavy atom. The lowest BCUT2D eigenvalue weighted by molar-refractivity contribution is -0.137. The van der Waals surface area contributed by atoms with Gasteiger partial charge in [0.2, 0.25) is 0 Å². The Balaban J connectivity index is 1.51. The lowest BCUT2D eigenvalue weighted by Gasteiger charge is -2.22. The van der Waals surface area contributed by atoms with Gasteiger partial charge in [0.05, 0.1) is 28.4 Å². The largest absolute Gasteiger partial charge is 0.497 e. The van der Waals surface area contributed by atoms with E-state index in [1.165, 1.54) is 14.2 Å². The number of fused-ring (bicyclic) bond motifs is 1. The normalized spacial score (nSPS) is 14.6. The highest BCUT2D eigenvalue weighted by Crippen LogP contribution is 2.31. The fourth-order valence-corrected chi connectivity index (χ4v) is 4.31. The van der Waals surface area contributed by atoms with Crippen LogP contribution in [0.15, 0.2) is 54.6 Å². The molecule has 0 fully saturated rings. The molecule has 1 unspecified atom stereocenters. The summed E-state index contributed by atoms with van der Waals surface area (Å²) >= 11 is 0. The van der Waals surface area contributed by atoms with Gasteiger partial charge in [0.25, 0.3) is 11.8 Å². The van der Waals surface area contributed by atoms with Crippen molar-refractivity contribution in [2.24, 2.45) is 0 Å². The van der Waals surface area contributed by atoms with Crippen LogP contribution in [0.25, 0.3) is 0 Å². The quantitative estimate of drug-likeness (QED) is 0.449. The zero-order valence-electron chi connectivity index (χ0n) is 22.2. The number of methoxy groups -OCH3 is 4. The van der Waals surface area contributed by atoms with Crippen molar-refractivity contribution in [3.05, 3.63) is 71.3 Å². The second-order valence-electron chi connectivity index (χ2n) is 8.84. The molecule has 1 N–H and O–H groups in total. The number of carbonyl (C=O) groups excluding carboxylic acids is 2. The molecule has 9 heteroatoms. The first-order valence-corrected chi connectivity index (χ1v) is 12.2. The second kappa shape index (κ2) is 11.8. The molecule has 1 atom stereocenters. The SMILES string of the molecule is COc1cc(OC)cc(C(=O)Nc2ccc3c(c2)CN(CCc2ccc(OC)c(OC)c2)C(=O)C(C)O3)c1. The molecule has 1 heterocycles. The van der Waals surface area contributed by atoms with E-state index in [2.05, 4.69) is 5.32 Å². The number of nitrogens with one attached hydrogen (secondary N) is 1. The number of ether oxygens (including phenoxy) is 5. The zero-order valence-corrected chi connectivity index (χ0v) is 22.2. The molecule has 1 aliphatic heterocycles. The molecule has 9 nitrogen and oxygen atoms in total. The van der Waals surface area contributed by atoms with Crippen LogP contribution >= 0.6 is 0 Å². The van der Waals surface area contributed by atoms with Crippen LogP contribution < -0.4 is 29.0 Å². The molecular formula is C29H32N2O7. The fourth-order valence-electron chi connectivity index (χ4n) is 4.31. The number of nitrogens with zero attached hydrogens (tertiary/aromatic N) is 1. The van der Waals surface area contributed by atoms with E-state index in [0.29, 0.717) is 59.5 Å². The molecule has 38 heavy (non-hydrogen) atoms. The summed E-state index contributed by atoms with van der Waals surface area (Å²) in [6.45, 7) is 2.58. The molecule has 200 valence electrons. The van der Waals surface area contributed by atoms with Crippen molar-refractivity contribution in [2.75, 3.05) is 40.3 Å². The van der Waals surface area contributed by atoms with E-state index in [1.54, 1.807) is 56.4 Å². The smallest absolute Gasteiger partial charge is 0.263 e. The minimum atomic E-state index is -0.633. The summed E-state index contributed by atoms with van der Waals surface area (Å²) in [5.41, 5.74) is 2.80. The van der Waals surface area contributed by atoms with Crippen LogP contribution in [0.3, 0.4) is 0 Å². The van der Waals surface area contributed by atoms with Crippen LogP contribution in [0.4, 0.5) is 5.69 Å². The van der Waals surface area contributed by atoms with Gasteiger partial charge >= 0.3 is 0 Å². The Bertz CT molecular complexity index is 1300. The Morgan fingerprint density at radius 3 is 2.29 bits per heavy atom. The number of rotatable bonds is 9. The molecule has 1 aliphatic rings. The molecule has 4 rings (SSSR count). The van der Waals surface area contributed by atoms with Crippen molar-refractivity contribution in [3.63, 3.8) is 0 Å². The van der Waals surface area contributed by atoms with E-state index in [1.807, 2.05) is 24.3 Å². The summed E-state index contributed by atoms with van der Waals surface area (Å²) in [7, 11) is 6.25. The third-order valence-corrected chi connectivity index (χ3v) is 6.37. The van der Waals surface area contributed by atoms with Gasteiger partial charge in [-0.15, -0.1) is 0 Å². The van der Waals surface area contributed by atoms with E-state index in [0.717, 1.165) is 11.1 Å². The zero-order chi connectivity index (χ0) is 27.2. The molecule has 0 spiro atoms. The van der Waals surface area contributed by atoms with Gasteiger partial charge in [-0.2, -0.15) is 0 Å². The van der Waals surface area contributed by atoms with Gasteiger partial charge < -0.3 is 33.9 Å². The first-order chi connectivity index (χ1) is 18.3. The van der Waals surface area contributed by atoms with Gasteiger partial charge in [-0.3, -0.25) is 9.59 Å². The van der Waals surface area contributed by atoms with Gasteiger partial charge in [-0.1, -0.05) is 6.07 Å². The summed E-state index contributed by atoms with van der Waals surface area (Å²) in [6, 6.07) is 16.1. The fraction of sp³-hybridized carbons (Fsp3) is 0.310. The Morgan fingerprint density at radius 2 is 1.63 bits per heavy atom. The maximum absolute atomic E-state index is 13.1. The van der Waals surface area contributed by atoms with E-state index >= 15 is 0 Å². The van der Waals surface area contributed by atoms with Crippen LogP contribution in [0.5, 0.6) is 28.7 Å². The summed E-state index contributed by atoms with van der Waals surface area (Å²) < 4.78 is 27.2. The van der Waals surface area contributed by atoms with E-state index in [9.17, 15) is 9.59 Å². The third kappa shape index (κ3) is 5.94. The van der Waals surface area contributed by atoms with Crippen LogP contribution in [0, 0.1) is 0 Å². The van der Waals surface area contributed by atoms with Crippen molar-refractivity contribution in [2.45, 2.75) is 26.0 Å². The Kier molecular flexibility index (Phi) is 8.25. The van der Waals surface area contributed by atoms with Crippen molar-refractivity contribution >= 4 is 17.5 Å². The van der Waals surface area contributed by atoms with Crippen molar-refractivity contribution in [3.8, 4) is 28.7 Å². The van der Waals surface area contributed by atoms with E-state index in [4.69, 9.17) is 23.7 Å². The highest BCUT2D eigenvalue weighted by atomic mass is 16.5. The average molecular weight is 521 g/mol. The summed E-state index contributed by atoms with van der Waals surface area (Å²) in [5.74, 6) is 2.52. The van der Waals surface area contributed by atoms with Crippen LogP contribution in [0.2, 0.25) is 0 Å². The molecule has 0 aromatic heterocycles. The Labute approximate surface area is 222 Å². The molecule has 2 amide bonds. The van der Waals surface area contributed by atoms with Gasteiger partial charge in [-0.05, 0) is 61.4 Å². The number of hydrogen-bond acceptors (Lipinski definition) is 7. The summed E-state index contributed by atoms with van der Waals surface area (Å²) in [4.78, 5) is 27.8. The highest BCUT2D eigenvalue weighted by Gasteiger charge is 2.28. The van der Waals surface area contributed by atoms with Gasteiger partial charge in [0, 0.05) is 36.0 Å². The number of hydrogen-bond donors (Lipinski definition) is 1. The molecule has 0 saturated carbocycles. The standard InChI is InChI=1S/C29H32N2O7/c1-18-29(33)31(11-10-19-6-8-26(36-4)27(12-19)37-5)17-21-13-22(7-9-25(21)38-18)30-28(32)20-14-23(34-2)16-24(15-20)35-3/h6-9,12-16,18H,10-11,17H2,1-5H3,(H,30,32). The second-order valence-corrected chi connectivity index (χ2v) is 8.84. The number of carbonyl (C=O) groups is 2. The van der Waals surface area contributed by atoms with Crippen LogP contribution in [-0.4, -0.2) is 57.8 Å². The topological polar surface area (TPSA) is 95.6 Å². The molecule has 3 aromatic carbocycles. The predicted octanol–water partition coefficient (Wildman–Crippen LogP) is 4.33. The number of anilines is 1. The number of benzene rings is 3. The predicted molar refractivity (Wildman–Crippen MR) is 143 cm³/mol. The molecule has 0 bridgehead atoms. The maximum atomic E-state index is 13.1. The third-order valence-electron chi connectivity index (χ3n) is 6.37. The lowest BCUT2D eigenvalue weighted by atomic mass is 10.1. The number of amides is 2. The summed E-state index contributed by atoms with van der Waals surface area (Å²) in [5, 5.41) is 2.92. The Hall–Kier alpha value is -4.40. The lowest BCUT2D eigenvalue weighted by Crippen LogP contribution is -2.39. The highest BCUT2D eigenvalue weighted by molar-refractivity contribution is 6.05. The first kappa shape index (κ1) is 26.7. The first-order valence-electron chi connectivity index (χ1n) is 12.2. The average Bonchev–Trinajstić information content (AvgIpc) is 3.06. The molecule has 0 aliphatic carbocycles. The maximum Gasteiger partial charge on any atom is 0.263 e. The van der Waals surface area contributed by atoms with Crippen LogP contribution in [-0.2, 0) is 17.8 Å². The monoisotopic (exact) mass is 520 g/mol. The minimum absolute atomic E-state index is 0.101. The van der Waals surface area contributed by atoms with Crippen molar-refractivity contribution in [1.29, 1.82) is 0 Å². The van der Waals surface area contributed by atoms with Crippen molar-refractivity contribution in [1.82, 2.24) is 4.90 Å². The van der Waals surface area contributed by atoms with E-state index < -0.39 is 6.10 Å². The molecule has 0 saturated heterocycles. The van der Waals surface area contributed by atoms with E-state index in [-0.39, 0.29) is 11.8 Å². The van der Waals surface area contributed by atoms with Gasteiger partial charge in [0.1, 0.15) is 17.2 Å². The van der Waals surface area contributed by atoms with Gasteiger partial charge in [0.15, 0.2) is 17.6 Å².